The van der Waals surface area contributed by atoms with Crippen LogP contribution >= 0.6 is 0 Å². The van der Waals surface area contributed by atoms with Crippen LogP contribution in [0.25, 0.3) is 0 Å². The molecule has 0 aliphatic rings. The maximum Gasteiger partial charge on any atom is 0.336 e. The Morgan fingerprint density at radius 3 is 2.42 bits per heavy atom. The third kappa shape index (κ3) is 3.31. The number of aryl methyl sites for hydroxylation is 2. The minimum absolute atomic E-state index is 0.224. The van der Waals surface area contributed by atoms with Gasteiger partial charge in [0, 0.05) is 5.69 Å². The average molecular weight is 259 g/mol. The van der Waals surface area contributed by atoms with Crippen molar-refractivity contribution in [3.63, 3.8) is 0 Å². The molecule has 0 bridgehead atoms. The van der Waals surface area contributed by atoms with E-state index in [1.807, 2.05) is 0 Å². The van der Waals surface area contributed by atoms with Crippen molar-refractivity contribution in [2.24, 2.45) is 0 Å². The molecule has 2 aromatic rings. The maximum atomic E-state index is 12.8. The van der Waals surface area contributed by atoms with E-state index in [9.17, 15) is 9.18 Å². The summed E-state index contributed by atoms with van der Waals surface area (Å²) < 4.78 is 12.8. The summed E-state index contributed by atoms with van der Waals surface area (Å²) in [6, 6.07) is 11.1. The summed E-state index contributed by atoms with van der Waals surface area (Å²) in [7, 11) is 0. The van der Waals surface area contributed by atoms with Crippen LogP contribution in [0.3, 0.4) is 0 Å². The first kappa shape index (κ1) is 13.1. The monoisotopic (exact) mass is 259 g/mol. The third-order valence-electron chi connectivity index (χ3n) is 2.96. The highest BCUT2D eigenvalue weighted by atomic mass is 19.1. The molecule has 0 aromatic heterocycles. The van der Waals surface area contributed by atoms with E-state index in [1.54, 1.807) is 24.3 Å². The molecule has 0 radical (unpaired) electrons. The molecule has 0 aliphatic carbocycles. The summed E-state index contributed by atoms with van der Waals surface area (Å²) in [5.74, 6) is -1.26. The number of benzene rings is 2. The SMILES string of the molecule is Nc1ccc(CCc2ccc(F)cc2)c(C(=O)O)c1. The number of carboxylic acids is 1. The first-order chi connectivity index (χ1) is 9.06. The van der Waals surface area contributed by atoms with E-state index in [-0.39, 0.29) is 11.4 Å². The molecule has 0 amide bonds. The van der Waals surface area contributed by atoms with Gasteiger partial charge in [-0.05, 0) is 48.2 Å². The largest absolute Gasteiger partial charge is 0.478 e. The molecule has 0 heterocycles. The normalized spacial score (nSPS) is 10.4. The number of anilines is 1. The lowest BCUT2D eigenvalue weighted by Crippen LogP contribution is -2.05. The number of hydrogen-bond acceptors (Lipinski definition) is 2. The quantitative estimate of drug-likeness (QED) is 0.830. The molecule has 2 rings (SSSR count). The van der Waals surface area contributed by atoms with E-state index in [2.05, 4.69) is 0 Å². The number of halogens is 1. The van der Waals surface area contributed by atoms with Crippen LogP contribution in [0, 0.1) is 5.82 Å². The highest BCUT2D eigenvalue weighted by molar-refractivity contribution is 5.90. The number of rotatable bonds is 4. The number of carbonyl (C=O) groups is 1. The van der Waals surface area contributed by atoms with Crippen molar-refractivity contribution in [1.82, 2.24) is 0 Å². The Balaban J connectivity index is 2.15. The number of nitrogens with two attached hydrogens (primary N) is 1. The van der Waals surface area contributed by atoms with Crippen molar-refractivity contribution < 1.29 is 14.3 Å². The Bertz CT molecular complexity index is 594. The molecule has 0 atom stereocenters. The van der Waals surface area contributed by atoms with Crippen molar-refractivity contribution in [2.75, 3.05) is 5.73 Å². The maximum absolute atomic E-state index is 12.8. The van der Waals surface area contributed by atoms with Crippen molar-refractivity contribution in [3.8, 4) is 0 Å². The molecular formula is C15H14FNO2. The molecule has 0 saturated carbocycles. The van der Waals surface area contributed by atoms with Crippen molar-refractivity contribution in [2.45, 2.75) is 12.8 Å². The van der Waals surface area contributed by atoms with Crippen molar-refractivity contribution in [1.29, 1.82) is 0 Å². The smallest absolute Gasteiger partial charge is 0.336 e. The van der Waals surface area contributed by atoms with E-state index in [0.717, 1.165) is 11.1 Å². The zero-order valence-electron chi connectivity index (χ0n) is 10.3. The molecule has 0 saturated heterocycles. The first-order valence-corrected chi connectivity index (χ1v) is 5.92. The zero-order chi connectivity index (χ0) is 13.8. The molecule has 0 spiro atoms. The van der Waals surface area contributed by atoms with Gasteiger partial charge in [0.25, 0.3) is 0 Å². The lowest BCUT2D eigenvalue weighted by Gasteiger charge is -2.07. The van der Waals surface area contributed by atoms with E-state index < -0.39 is 5.97 Å². The highest BCUT2D eigenvalue weighted by Gasteiger charge is 2.10. The van der Waals surface area contributed by atoms with Gasteiger partial charge in [-0.1, -0.05) is 18.2 Å². The summed E-state index contributed by atoms with van der Waals surface area (Å²) in [5, 5.41) is 9.12. The molecular weight excluding hydrogens is 245 g/mol. The number of aromatic carboxylic acids is 1. The summed E-state index contributed by atoms with van der Waals surface area (Å²) in [6.45, 7) is 0. The first-order valence-electron chi connectivity index (χ1n) is 5.92. The molecule has 19 heavy (non-hydrogen) atoms. The van der Waals surface area contributed by atoms with Crippen LogP contribution < -0.4 is 5.73 Å². The standard InChI is InChI=1S/C15H14FNO2/c16-12-6-2-10(3-7-12)1-4-11-5-8-13(17)9-14(11)15(18)19/h2-3,5-9H,1,4,17H2,(H,18,19). The molecule has 0 fully saturated rings. The van der Waals surface area contributed by atoms with Gasteiger partial charge < -0.3 is 10.8 Å². The average Bonchev–Trinajstić information content (AvgIpc) is 2.39. The van der Waals surface area contributed by atoms with E-state index >= 15 is 0 Å². The lowest BCUT2D eigenvalue weighted by atomic mass is 9.99. The Morgan fingerprint density at radius 1 is 1.11 bits per heavy atom. The van der Waals surface area contributed by atoms with Gasteiger partial charge in [-0.3, -0.25) is 0 Å². The molecule has 2 aromatic carbocycles. The van der Waals surface area contributed by atoms with Gasteiger partial charge in [0.2, 0.25) is 0 Å². The molecule has 0 unspecified atom stereocenters. The topological polar surface area (TPSA) is 63.3 Å². The Kier molecular flexibility index (Phi) is 3.80. The lowest BCUT2D eigenvalue weighted by molar-refractivity contribution is 0.0695. The van der Waals surface area contributed by atoms with Gasteiger partial charge in [0.1, 0.15) is 5.82 Å². The van der Waals surface area contributed by atoms with E-state index in [0.29, 0.717) is 18.5 Å². The fourth-order valence-corrected chi connectivity index (χ4v) is 1.94. The molecule has 3 N–H and O–H groups in total. The Hall–Kier alpha value is -2.36. The highest BCUT2D eigenvalue weighted by Crippen LogP contribution is 2.16. The van der Waals surface area contributed by atoms with Gasteiger partial charge >= 0.3 is 5.97 Å². The Morgan fingerprint density at radius 2 is 1.79 bits per heavy atom. The van der Waals surface area contributed by atoms with Crippen LogP contribution in [0.5, 0.6) is 0 Å². The van der Waals surface area contributed by atoms with E-state index in [1.165, 1.54) is 18.2 Å². The summed E-state index contributed by atoms with van der Waals surface area (Å²) in [6.07, 6.45) is 1.23. The van der Waals surface area contributed by atoms with Crippen LogP contribution in [0.4, 0.5) is 10.1 Å². The molecule has 3 nitrogen and oxygen atoms in total. The molecule has 98 valence electrons. The molecule has 0 aliphatic heterocycles. The van der Waals surface area contributed by atoms with Crippen molar-refractivity contribution in [3.05, 3.63) is 65.0 Å². The number of nitrogen functional groups attached to an aromatic ring is 1. The van der Waals surface area contributed by atoms with Gasteiger partial charge in [-0.15, -0.1) is 0 Å². The zero-order valence-corrected chi connectivity index (χ0v) is 10.3. The van der Waals surface area contributed by atoms with Crippen LogP contribution in [0.15, 0.2) is 42.5 Å². The Labute approximate surface area is 110 Å². The third-order valence-corrected chi connectivity index (χ3v) is 2.96. The van der Waals surface area contributed by atoms with Crippen molar-refractivity contribution >= 4 is 11.7 Å². The minimum Gasteiger partial charge on any atom is -0.478 e. The fraction of sp³-hybridized carbons (Fsp3) is 0.133. The predicted octanol–water partition coefficient (Wildman–Crippen LogP) is 2.89. The van der Waals surface area contributed by atoms with Crippen LogP contribution in [-0.2, 0) is 12.8 Å². The summed E-state index contributed by atoms with van der Waals surface area (Å²) >= 11 is 0. The fourth-order valence-electron chi connectivity index (χ4n) is 1.94. The second-order valence-electron chi connectivity index (χ2n) is 4.35. The molecule has 4 heteroatoms. The number of hydrogen-bond donors (Lipinski definition) is 2. The summed E-state index contributed by atoms with van der Waals surface area (Å²) in [4.78, 5) is 11.1. The van der Waals surface area contributed by atoms with Crippen LogP contribution in [-0.4, -0.2) is 11.1 Å². The van der Waals surface area contributed by atoms with Crippen LogP contribution in [0.2, 0.25) is 0 Å². The van der Waals surface area contributed by atoms with E-state index in [4.69, 9.17) is 10.8 Å². The van der Waals surface area contributed by atoms with Gasteiger partial charge in [-0.2, -0.15) is 0 Å². The van der Waals surface area contributed by atoms with Crippen LogP contribution in [0.1, 0.15) is 21.5 Å². The summed E-state index contributed by atoms with van der Waals surface area (Å²) in [5.41, 5.74) is 7.94. The number of carboxylic acid groups (broad SMARTS) is 1. The second-order valence-corrected chi connectivity index (χ2v) is 4.35. The van der Waals surface area contributed by atoms with Gasteiger partial charge in [0.05, 0.1) is 5.56 Å². The van der Waals surface area contributed by atoms with Gasteiger partial charge in [-0.25, -0.2) is 9.18 Å². The minimum atomic E-state index is -0.985. The second kappa shape index (κ2) is 5.52. The predicted molar refractivity (Wildman–Crippen MR) is 71.6 cm³/mol. The van der Waals surface area contributed by atoms with Gasteiger partial charge in [0.15, 0.2) is 0 Å².